The molecule has 4 nitrogen and oxygen atoms in total. The van der Waals surface area contributed by atoms with Gasteiger partial charge in [-0.25, -0.2) is 4.79 Å². The molecule has 2 saturated heterocycles. The lowest BCUT2D eigenvalue weighted by Gasteiger charge is -2.32. The number of rotatable bonds is 2. The Hall–Kier alpha value is -1.55. The number of epoxide rings is 1. The van der Waals surface area contributed by atoms with Gasteiger partial charge in [0, 0.05) is 24.9 Å². The first-order chi connectivity index (χ1) is 9.31. The lowest BCUT2D eigenvalue weighted by atomic mass is 9.98. The third-order valence-corrected chi connectivity index (χ3v) is 4.47. The van der Waals surface area contributed by atoms with E-state index in [0.717, 1.165) is 18.7 Å². The smallest absolute Gasteiger partial charge is 0.410 e. The lowest BCUT2D eigenvalue weighted by Crippen LogP contribution is -2.43. The average molecular weight is 259 g/mol. The Labute approximate surface area is 112 Å². The number of hydrogen-bond acceptors (Lipinski definition) is 3. The number of amides is 1. The Bertz CT molecular complexity index is 473. The predicted octanol–water partition coefficient (Wildman–Crippen LogP) is 2.04. The minimum absolute atomic E-state index is 0.181. The summed E-state index contributed by atoms with van der Waals surface area (Å²) in [5.74, 6) is 1.07. The molecule has 0 N–H and O–H groups in total. The Morgan fingerprint density at radius 1 is 1.21 bits per heavy atom. The summed E-state index contributed by atoms with van der Waals surface area (Å²) in [7, 11) is 0. The second-order valence-corrected chi connectivity index (χ2v) is 5.77. The molecule has 1 aromatic carbocycles. The second-order valence-electron chi connectivity index (χ2n) is 5.77. The fourth-order valence-corrected chi connectivity index (χ4v) is 3.51. The molecule has 1 aromatic rings. The predicted molar refractivity (Wildman–Crippen MR) is 68.5 cm³/mol. The van der Waals surface area contributed by atoms with Crippen LogP contribution in [0.4, 0.5) is 4.79 Å². The number of benzene rings is 1. The van der Waals surface area contributed by atoms with Crippen LogP contribution in [-0.2, 0) is 16.1 Å². The van der Waals surface area contributed by atoms with Crippen molar-refractivity contribution < 1.29 is 14.3 Å². The van der Waals surface area contributed by atoms with Crippen LogP contribution in [0.1, 0.15) is 12.0 Å². The van der Waals surface area contributed by atoms with Crippen molar-refractivity contribution in [1.29, 1.82) is 0 Å². The molecule has 19 heavy (non-hydrogen) atoms. The fourth-order valence-electron chi connectivity index (χ4n) is 3.51. The first kappa shape index (κ1) is 11.3. The maximum Gasteiger partial charge on any atom is 0.410 e. The van der Waals surface area contributed by atoms with Gasteiger partial charge in [-0.3, -0.25) is 0 Å². The minimum atomic E-state index is -0.181. The SMILES string of the molecule is O=C(OCc1ccccc1)N1CC2CC(C1)C1OC21. The molecule has 2 heterocycles. The molecule has 2 aliphatic heterocycles. The zero-order valence-electron chi connectivity index (χ0n) is 10.7. The van der Waals surface area contributed by atoms with Gasteiger partial charge in [0.2, 0.25) is 0 Å². The molecule has 1 amide bonds. The van der Waals surface area contributed by atoms with E-state index in [-0.39, 0.29) is 6.09 Å². The molecule has 0 aromatic heterocycles. The second kappa shape index (κ2) is 4.23. The number of fused-ring (bicyclic) bond motifs is 5. The van der Waals surface area contributed by atoms with E-state index in [4.69, 9.17) is 9.47 Å². The number of nitrogens with zero attached hydrogens (tertiary/aromatic N) is 1. The van der Waals surface area contributed by atoms with Gasteiger partial charge >= 0.3 is 6.09 Å². The van der Waals surface area contributed by atoms with E-state index in [1.807, 2.05) is 35.2 Å². The molecule has 0 radical (unpaired) electrons. The lowest BCUT2D eigenvalue weighted by molar-refractivity contribution is 0.0547. The van der Waals surface area contributed by atoms with Crippen LogP contribution in [-0.4, -0.2) is 36.3 Å². The number of likely N-dealkylation sites (tertiary alicyclic amines) is 1. The maximum atomic E-state index is 12.1. The van der Waals surface area contributed by atoms with Crippen LogP contribution in [0.5, 0.6) is 0 Å². The van der Waals surface area contributed by atoms with E-state index >= 15 is 0 Å². The molecular weight excluding hydrogens is 242 g/mol. The summed E-state index contributed by atoms with van der Waals surface area (Å²) < 4.78 is 11.0. The molecule has 4 heteroatoms. The third kappa shape index (κ3) is 2.00. The quantitative estimate of drug-likeness (QED) is 0.763. The van der Waals surface area contributed by atoms with Gasteiger partial charge in [0.25, 0.3) is 0 Å². The van der Waals surface area contributed by atoms with Crippen molar-refractivity contribution >= 4 is 6.09 Å². The normalized spacial score (nSPS) is 34.8. The van der Waals surface area contributed by atoms with E-state index < -0.39 is 0 Å². The van der Waals surface area contributed by atoms with Crippen molar-refractivity contribution in [2.45, 2.75) is 25.2 Å². The highest BCUT2D eigenvalue weighted by atomic mass is 16.6. The highest BCUT2D eigenvalue weighted by molar-refractivity contribution is 5.68. The van der Waals surface area contributed by atoms with Gasteiger partial charge in [-0.15, -0.1) is 0 Å². The first-order valence-electron chi connectivity index (χ1n) is 6.92. The third-order valence-electron chi connectivity index (χ3n) is 4.47. The van der Waals surface area contributed by atoms with Gasteiger partial charge in [-0.2, -0.15) is 0 Å². The Balaban J connectivity index is 1.34. The van der Waals surface area contributed by atoms with Crippen LogP contribution < -0.4 is 0 Å². The highest BCUT2D eigenvalue weighted by Gasteiger charge is 2.59. The largest absolute Gasteiger partial charge is 0.445 e. The molecular formula is C15H17NO3. The number of ether oxygens (including phenoxy) is 2. The van der Waals surface area contributed by atoms with E-state index in [1.54, 1.807) is 0 Å². The van der Waals surface area contributed by atoms with E-state index in [1.165, 1.54) is 6.42 Å². The molecule has 1 aliphatic carbocycles. The molecule has 4 atom stereocenters. The molecule has 4 rings (SSSR count). The molecule has 3 fully saturated rings. The molecule has 0 spiro atoms. The Kier molecular flexibility index (Phi) is 2.52. The van der Waals surface area contributed by atoms with Gasteiger partial charge < -0.3 is 14.4 Å². The van der Waals surface area contributed by atoms with Gasteiger partial charge in [0.1, 0.15) is 6.61 Å². The fraction of sp³-hybridized carbons (Fsp3) is 0.533. The van der Waals surface area contributed by atoms with Crippen molar-refractivity contribution in [3.63, 3.8) is 0 Å². The summed E-state index contributed by atoms with van der Waals surface area (Å²) in [6.45, 7) is 1.95. The monoisotopic (exact) mass is 259 g/mol. The average Bonchev–Trinajstić information content (AvgIpc) is 3.21. The molecule has 3 aliphatic rings. The minimum Gasteiger partial charge on any atom is -0.445 e. The summed E-state index contributed by atoms with van der Waals surface area (Å²) in [6.07, 6.45) is 1.89. The van der Waals surface area contributed by atoms with Gasteiger partial charge in [0.05, 0.1) is 12.2 Å². The first-order valence-corrected chi connectivity index (χ1v) is 6.92. The Morgan fingerprint density at radius 3 is 2.58 bits per heavy atom. The van der Waals surface area contributed by atoms with E-state index in [0.29, 0.717) is 30.7 Å². The summed E-state index contributed by atoms with van der Waals surface area (Å²) >= 11 is 0. The topological polar surface area (TPSA) is 42.1 Å². The van der Waals surface area contributed by atoms with Crippen molar-refractivity contribution in [3.05, 3.63) is 35.9 Å². The van der Waals surface area contributed by atoms with Crippen molar-refractivity contribution in [3.8, 4) is 0 Å². The summed E-state index contributed by atoms with van der Waals surface area (Å²) in [4.78, 5) is 13.9. The maximum absolute atomic E-state index is 12.1. The molecule has 100 valence electrons. The molecule has 2 bridgehead atoms. The van der Waals surface area contributed by atoms with Crippen LogP contribution in [0, 0.1) is 11.8 Å². The zero-order valence-corrected chi connectivity index (χ0v) is 10.7. The summed E-state index contributed by atoms with van der Waals surface area (Å²) in [5.41, 5.74) is 1.03. The van der Waals surface area contributed by atoms with Crippen LogP contribution in [0.3, 0.4) is 0 Å². The summed E-state index contributed by atoms with van der Waals surface area (Å²) in [6, 6.07) is 9.80. The van der Waals surface area contributed by atoms with Crippen LogP contribution in [0.25, 0.3) is 0 Å². The Morgan fingerprint density at radius 2 is 1.89 bits per heavy atom. The van der Waals surface area contributed by atoms with Gasteiger partial charge in [-0.1, -0.05) is 30.3 Å². The van der Waals surface area contributed by atoms with Crippen molar-refractivity contribution in [2.75, 3.05) is 13.1 Å². The van der Waals surface area contributed by atoms with E-state index in [9.17, 15) is 4.79 Å². The van der Waals surface area contributed by atoms with E-state index in [2.05, 4.69) is 0 Å². The van der Waals surface area contributed by atoms with Crippen molar-refractivity contribution in [1.82, 2.24) is 4.90 Å². The van der Waals surface area contributed by atoms with Crippen LogP contribution in [0.2, 0.25) is 0 Å². The highest BCUT2D eigenvalue weighted by Crippen LogP contribution is 2.50. The van der Waals surface area contributed by atoms with Gasteiger partial charge in [-0.05, 0) is 12.0 Å². The number of carbonyl (C=O) groups excluding carboxylic acids is 1. The van der Waals surface area contributed by atoms with Gasteiger partial charge in [0.15, 0.2) is 0 Å². The molecule has 4 unspecified atom stereocenters. The van der Waals surface area contributed by atoms with Crippen molar-refractivity contribution in [2.24, 2.45) is 11.8 Å². The van der Waals surface area contributed by atoms with Crippen LogP contribution >= 0.6 is 0 Å². The summed E-state index contributed by atoms with van der Waals surface area (Å²) in [5, 5.41) is 0. The molecule has 1 saturated carbocycles. The zero-order chi connectivity index (χ0) is 12.8. The number of hydrogen-bond donors (Lipinski definition) is 0. The standard InChI is InChI=1S/C15H17NO3/c17-15(18-9-10-4-2-1-3-5-10)16-7-11-6-12(8-16)14-13(11)19-14/h1-5,11-14H,6-9H2. The number of carbonyl (C=O) groups is 1. The van der Waals surface area contributed by atoms with Crippen LogP contribution in [0.15, 0.2) is 30.3 Å². The number of piperidine rings is 1.